The van der Waals surface area contributed by atoms with E-state index < -0.39 is 12.0 Å². The Bertz CT molecular complexity index is 714. The highest BCUT2D eigenvalue weighted by molar-refractivity contribution is 5.84. The van der Waals surface area contributed by atoms with Crippen LogP contribution in [0.2, 0.25) is 0 Å². The van der Waals surface area contributed by atoms with Crippen LogP contribution in [0.3, 0.4) is 0 Å². The number of carbonyl (C=O) groups is 2. The number of carboxylic acid groups (broad SMARTS) is 1. The lowest BCUT2D eigenvalue weighted by Crippen LogP contribution is -2.43. The number of hydrogen-bond acceptors (Lipinski definition) is 3. The van der Waals surface area contributed by atoms with Crippen LogP contribution >= 0.6 is 0 Å². The molecule has 2 rings (SSSR count). The number of benzene rings is 2. The molecular formula is C18H22N2O3. The molecule has 2 aromatic carbocycles. The summed E-state index contributed by atoms with van der Waals surface area (Å²) in [4.78, 5) is 24.5. The molecule has 0 saturated heterocycles. The van der Waals surface area contributed by atoms with Crippen LogP contribution < -0.4 is 5.32 Å². The van der Waals surface area contributed by atoms with Gasteiger partial charge in [-0.2, -0.15) is 0 Å². The summed E-state index contributed by atoms with van der Waals surface area (Å²) in [6.07, 6.45) is 0. The molecule has 5 heteroatoms. The van der Waals surface area contributed by atoms with Crippen LogP contribution in [0, 0.1) is 0 Å². The molecule has 2 unspecified atom stereocenters. The summed E-state index contributed by atoms with van der Waals surface area (Å²) in [5.74, 6) is -1.14. The van der Waals surface area contributed by atoms with Crippen molar-refractivity contribution >= 4 is 22.6 Å². The summed E-state index contributed by atoms with van der Waals surface area (Å²) in [6.45, 7) is 3.52. The first-order chi connectivity index (χ1) is 10.9. The third-order valence-electron chi connectivity index (χ3n) is 4.06. The second-order valence-electron chi connectivity index (χ2n) is 5.83. The zero-order valence-corrected chi connectivity index (χ0v) is 13.6. The topological polar surface area (TPSA) is 69.6 Å². The number of hydrogen-bond donors (Lipinski definition) is 2. The number of nitrogens with zero attached hydrogens (tertiary/aromatic N) is 1. The van der Waals surface area contributed by atoms with E-state index >= 15 is 0 Å². The van der Waals surface area contributed by atoms with Gasteiger partial charge in [-0.3, -0.25) is 14.5 Å². The lowest BCUT2D eigenvalue weighted by molar-refractivity contribution is -0.142. The molecule has 2 aromatic rings. The zero-order chi connectivity index (χ0) is 17.0. The van der Waals surface area contributed by atoms with Gasteiger partial charge in [-0.15, -0.1) is 0 Å². The molecular weight excluding hydrogens is 292 g/mol. The van der Waals surface area contributed by atoms with Crippen molar-refractivity contribution in [2.24, 2.45) is 0 Å². The van der Waals surface area contributed by atoms with Gasteiger partial charge in [0.05, 0.1) is 12.6 Å². The summed E-state index contributed by atoms with van der Waals surface area (Å²) < 4.78 is 0. The number of likely N-dealkylation sites (N-methyl/N-ethyl adjacent to an activating group) is 1. The minimum atomic E-state index is -0.942. The van der Waals surface area contributed by atoms with Gasteiger partial charge in [0.2, 0.25) is 5.91 Å². The molecule has 0 saturated carbocycles. The van der Waals surface area contributed by atoms with E-state index in [0.717, 1.165) is 16.3 Å². The van der Waals surface area contributed by atoms with Crippen molar-refractivity contribution in [3.8, 4) is 0 Å². The Hall–Kier alpha value is -2.40. The Morgan fingerprint density at radius 1 is 1.13 bits per heavy atom. The van der Waals surface area contributed by atoms with Gasteiger partial charge in [-0.1, -0.05) is 36.4 Å². The third-order valence-corrected chi connectivity index (χ3v) is 4.06. The highest BCUT2D eigenvalue weighted by Gasteiger charge is 2.20. The van der Waals surface area contributed by atoms with Crippen molar-refractivity contribution in [3.05, 3.63) is 48.0 Å². The maximum absolute atomic E-state index is 12.1. The van der Waals surface area contributed by atoms with Crippen LogP contribution in [-0.2, 0) is 9.59 Å². The minimum Gasteiger partial charge on any atom is -0.480 e. The van der Waals surface area contributed by atoms with Crippen molar-refractivity contribution < 1.29 is 14.7 Å². The Labute approximate surface area is 135 Å². The molecule has 0 radical (unpaired) electrons. The minimum absolute atomic E-state index is 0.0470. The first-order valence-corrected chi connectivity index (χ1v) is 7.59. The summed E-state index contributed by atoms with van der Waals surface area (Å²) >= 11 is 0. The monoisotopic (exact) mass is 314 g/mol. The quantitative estimate of drug-likeness (QED) is 0.859. The lowest BCUT2D eigenvalue weighted by Gasteiger charge is -2.22. The molecule has 122 valence electrons. The molecule has 0 aliphatic rings. The standard InChI is InChI=1S/C18H22N2O3/c1-12(19-17(21)11-20(3)13(2)18(22)23)15-9-8-14-6-4-5-7-16(14)10-15/h4-10,12-13H,11H2,1-3H3,(H,19,21)(H,22,23). The second-order valence-corrected chi connectivity index (χ2v) is 5.83. The lowest BCUT2D eigenvalue weighted by atomic mass is 10.0. The summed E-state index contributed by atoms with van der Waals surface area (Å²) in [6, 6.07) is 13.3. The van der Waals surface area contributed by atoms with Gasteiger partial charge in [0.25, 0.3) is 0 Å². The van der Waals surface area contributed by atoms with E-state index in [4.69, 9.17) is 5.11 Å². The highest BCUT2D eigenvalue weighted by Crippen LogP contribution is 2.20. The van der Waals surface area contributed by atoms with Gasteiger partial charge < -0.3 is 10.4 Å². The molecule has 5 nitrogen and oxygen atoms in total. The predicted octanol–water partition coefficient (Wildman–Crippen LogP) is 2.42. The Balaban J connectivity index is 2.01. The molecule has 0 spiro atoms. The van der Waals surface area contributed by atoms with Crippen LogP contribution in [0.5, 0.6) is 0 Å². The van der Waals surface area contributed by atoms with Crippen LogP contribution in [-0.4, -0.2) is 41.5 Å². The van der Waals surface area contributed by atoms with Crippen molar-refractivity contribution in [3.63, 3.8) is 0 Å². The third kappa shape index (κ3) is 4.29. The van der Waals surface area contributed by atoms with Gasteiger partial charge in [-0.05, 0) is 43.3 Å². The fourth-order valence-electron chi connectivity index (χ4n) is 2.40. The maximum atomic E-state index is 12.1. The van der Waals surface area contributed by atoms with E-state index in [1.807, 2.05) is 43.3 Å². The average Bonchev–Trinajstić information content (AvgIpc) is 2.53. The summed E-state index contributed by atoms with van der Waals surface area (Å²) in [5, 5.41) is 14.1. The highest BCUT2D eigenvalue weighted by atomic mass is 16.4. The van der Waals surface area contributed by atoms with Crippen molar-refractivity contribution in [1.82, 2.24) is 10.2 Å². The van der Waals surface area contributed by atoms with Crippen LogP contribution in [0.4, 0.5) is 0 Å². The SMILES string of the molecule is CC(NC(=O)CN(C)C(C)C(=O)O)c1ccc2ccccc2c1. The van der Waals surface area contributed by atoms with Crippen molar-refractivity contribution in [2.75, 3.05) is 13.6 Å². The first kappa shape index (κ1) is 17.0. The number of nitrogens with one attached hydrogen (secondary N) is 1. The van der Waals surface area contributed by atoms with Gasteiger partial charge >= 0.3 is 5.97 Å². The van der Waals surface area contributed by atoms with Gasteiger partial charge in [-0.25, -0.2) is 0 Å². The Morgan fingerprint density at radius 3 is 2.43 bits per heavy atom. The Kier molecular flexibility index (Phi) is 5.34. The van der Waals surface area contributed by atoms with E-state index in [2.05, 4.69) is 11.4 Å². The molecule has 0 fully saturated rings. The molecule has 1 amide bonds. The molecule has 0 heterocycles. The first-order valence-electron chi connectivity index (χ1n) is 7.59. The number of aliphatic carboxylic acids is 1. The molecule has 0 aromatic heterocycles. The number of fused-ring (bicyclic) bond motifs is 1. The van der Waals surface area contributed by atoms with Crippen LogP contribution in [0.25, 0.3) is 10.8 Å². The largest absolute Gasteiger partial charge is 0.480 e. The fourth-order valence-corrected chi connectivity index (χ4v) is 2.40. The Morgan fingerprint density at radius 2 is 1.78 bits per heavy atom. The van der Waals surface area contributed by atoms with Crippen LogP contribution in [0.15, 0.2) is 42.5 Å². The van der Waals surface area contributed by atoms with Crippen molar-refractivity contribution in [1.29, 1.82) is 0 Å². The molecule has 0 bridgehead atoms. The fraction of sp³-hybridized carbons (Fsp3) is 0.333. The van der Waals surface area contributed by atoms with Gasteiger partial charge in [0.15, 0.2) is 0 Å². The molecule has 2 atom stereocenters. The summed E-state index contributed by atoms with van der Waals surface area (Å²) in [7, 11) is 1.62. The van der Waals surface area contributed by atoms with Crippen molar-refractivity contribution in [2.45, 2.75) is 25.9 Å². The van der Waals surface area contributed by atoms with E-state index in [1.54, 1.807) is 14.0 Å². The zero-order valence-electron chi connectivity index (χ0n) is 13.6. The van der Waals surface area contributed by atoms with E-state index in [9.17, 15) is 9.59 Å². The smallest absolute Gasteiger partial charge is 0.320 e. The molecule has 0 aliphatic carbocycles. The number of carbonyl (C=O) groups excluding carboxylic acids is 1. The average molecular weight is 314 g/mol. The molecule has 23 heavy (non-hydrogen) atoms. The van der Waals surface area contributed by atoms with E-state index in [-0.39, 0.29) is 18.5 Å². The predicted molar refractivity (Wildman–Crippen MR) is 90.2 cm³/mol. The second kappa shape index (κ2) is 7.24. The maximum Gasteiger partial charge on any atom is 0.320 e. The summed E-state index contributed by atoms with van der Waals surface area (Å²) in [5.41, 5.74) is 1.02. The number of carboxylic acids is 1. The van der Waals surface area contributed by atoms with Gasteiger partial charge in [0.1, 0.15) is 6.04 Å². The van der Waals surface area contributed by atoms with E-state index in [1.165, 1.54) is 4.90 Å². The van der Waals surface area contributed by atoms with Gasteiger partial charge in [0, 0.05) is 0 Å². The number of amides is 1. The molecule has 0 aliphatic heterocycles. The van der Waals surface area contributed by atoms with Crippen LogP contribution in [0.1, 0.15) is 25.5 Å². The van der Waals surface area contributed by atoms with E-state index in [0.29, 0.717) is 0 Å². The molecule has 2 N–H and O–H groups in total. The normalized spacial score (nSPS) is 13.7. The number of rotatable bonds is 6.